The lowest BCUT2D eigenvalue weighted by atomic mass is 9.88. The Hall–Kier alpha value is -1.79. The lowest BCUT2D eigenvalue weighted by Gasteiger charge is -2.42. The van der Waals surface area contributed by atoms with Crippen LogP contribution >= 0.6 is 0 Å². The molecule has 112 valence electrons. The summed E-state index contributed by atoms with van der Waals surface area (Å²) in [6.07, 6.45) is -2.24. The average Bonchev–Trinajstić information content (AvgIpc) is 2.36. The first-order valence-electron chi connectivity index (χ1n) is 6.44. The van der Waals surface area contributed by atoms with Crippen LogP contribution in [0.1, 0.15) is 34.1 Å². The van der Waals surface area contributed by atoms with Crippen LogP contribution in [0.15, 0.2) is 5.11 Å². The minimum Gasteiger partial charge on any atom is -0.458 e. The van der Waals surface area contributed by atoms with Crippen LogP contribution in [0.5, 0.6) is 0 Å². The van der Waals surface area contributed by atoms with Crippen molar-refractivity contribution in [3.8, 4) is 0 Å². The molecule has 0 spiro atoms. The third-order valence-corrected chi connectivity index (χ3v) is 3.20. The van der Waals surface area contributed by atoms with Crippen molar-refractivity contribution in [1.29, 1.82) is 0 Å². The van der Waals surface area contributed by atoms with Crippen LogP contribution in [-0.4, -0.2) is 36.5 Å². The second-order valence-corrected chi connectivity index (χ2v) is 4.69. The molecule has 0 aromatic heterocycles. The van der Waals surface area contributed by atoms with Gasteiger partial charge in [-0.3, -0.25) is 9.59 Å². The van der Waals surface area contributed by atoms with Gasteiger partial charge in [-0.1, -0.05) is 19.0 Å². The molecule has 20 heavy (non-hydrogen) atoms. The molecule has 8 nitrogen and oxygen atoms in total. The summed E-state index contributed by atoms with van der Waals surface area (Å²) < 4.78 is 16.0. The van der Waals surface area contributed by atoms with Crippen molar-refractivity contribution < 1.29 is 23.8 Å². The summed E-state index contributed by atoms with van der Waals surface area (Å²) in [6.45, 7) is 6.25. The molecule has 1 rings (SSSR count). The van der Waals surface area contributed by atoms with E-state index in [1.807, 2.05) is 13.8 Å². The molecule has 0 aliphatic carbocycles. The molecular formula is C12H19N3O5. The number of azide groups is 1. The first-order chi connectivity index (χ1) is 9.40. The lowest BCUT2D eigenvalue weighted by molar-refractivity contribution is -0.222. The number of esters is 2. The van der Waals surface area contributed by atoms with Crippen LogP contribution in [0.25, 0.3) is 10.4 Å². The number of rotatable bonds is 4. The predicted octanol–water partition coefficient (Wildman–Crippen LogP) is 1.93. The van der Waals surface area contributed by atoms with E-state index in [0.29, 0.717) is 6.42 Å². The Morgan fingerprint density at radius 2 is 1.80 bits per heavy atom. The Labute approximate surface area is 117 Å². The first-order valence-corrected chi connectivity index (χ1v) is 6.44. The van der Waals surface area contributed by atoms with E-state index in [1.54, 1.807) is 0 Å². The fourth-order valence-electron chi connectivity index (χ4n) is 2.35. The Morgan fingerprint density at radius 1 is 1.25 bits per heavy atom. The molecule has 0 aromatic carbocycles. The van der Waals surface area contributed by atoms with Gasteiger partial charge in [0.05, 0.1) is 6.10 Å². The van der Waals surface area contributed by atoms with Gasteiger partial charge in [0.15, 0.2) is 12.3 Å². The van der Waals surface area contributed by atoms with Gasteiger partial charge in [-0.15, -0.1) is 0 Å². The highest BCUT2D eigenvalue weighted by Crippen LogP contribution is 2.32. The van der Waals surface area contributed by atoms with Gasteiger partial charge in [0, 0.05) is 24.7 Å². The zero-order valence-electron chi connectivity index (χ0n) is 12.0. The monoisotopic (exact) mass is 285 g/mol. The van der Waals surface area contributed by atoms with E-state index in [2.05, 4.69) is 10.0 Å². The number of hydrogen-bond donors (Lipinski definition) is 0. The summed E-state index contributed by atoms with van der Waals surface area (Å²) in [6, 6.07) is 0. The first kappa shape index (κ1) is 16.3. The smallest absolute Gasteiger partial charge is 0.303 e. The van der Waals surface area contributed by atoms with Crippen LogP contribution in [0.2, 0.25) is 0 Å². The molecule has 0 bridgehead atoms. The van der Waals surface area contributed by atoms with Gasteiger partial charge in [-0.25, -0.2) is 0 Å². The molecular weight excluding hydrogens is 266 g/mol. The molecule has 1 heterocycles. The van der Waals surface area contributed by atoms with Crippen molar-refractivity contribution in [3.05, 3.63) is 10.4 Å². The van der Waals surface area contributed by atoms with Gasteiger partial charge < -0.3 is 14.2 Å². The molecule has 5 atom stereocenters. The number of hydrogen-bond acceptors (Lipinski definition) is 6. The van der Waals surface area contributed by atoms with Crippen molar-refractivity contribution in [2.24, 2.45) is 11.0 Å². The minimum atomic E-state index is -1.01. The Morgan fingerprint density at radius 3 is 2.25 bits per heavy atom. The zero-order valence-corrected chi connectivity index (χ0v) is 12.0. The average molecular weight is 285 g/mol. The highest BCUT2D eigenvalue weighted by molar-refractivity contribution is 5.67. The molecule has 8 heteroatoms. The maximum absolute atomic E-state index is 11.2. The SMILES string of the molecule is CC[C@H]1O[C@H](N=[N+]=[N-])[C@@H](OC(C)=O)[C@@H](OC(C)=O)[C@@H]1C. The molecule has 0 radical (unpaired) electrons. The summed E-state index contributed by atoms with van der Waals surface area (Å²) in [5.41, 5.74) is 8.59. The molecule has 1 aliphatic rings. The van der Waals surface area contributed by atoms with Crippen LogP contribution in [-0.2, 0) is 23.8 Å². The summed E-state index contributed by atoms with van der Waals surface area (Å²) in [5, 5.41) is 3.50. The second-order valence-electron chi connectivity index (χ2n) is 4.69. The Balaban J connectivity index is 3.08. The maximum Gasteiger partial charge on any atom is 0.303 e. The van der Waals surface area contributed by atoms with Crippen LogP contribution < -0.4 is 0 Å². The Kier molecular flexibility index (Phi) is 5.79. The van der Waals surface area contributed by atoms with E-state index in [0.717, 1.165) is 0 Å². The Bertz CT molecular complexity index is 421. The van der Waals surface area contributed by atoms with E-state index < -0.39 is 30.4 Å². The second kappa shape index (κ2) is 7.12. The van der Waals surface area contributed by atoms with Gasteiger partial charge in [0.1, 0.15) is 6.10 Å². The molecule has 1 aliphatic heterocycles. The molecule has 1 saturated heterocycles. The normalized spacial score (nSPS) is 32.9. The molecule has 0 amide bonds. The van der Waals surface area contributed by atoms with Crippen LogP contribution in [0, 0.1) is 5.92 Å². The molecule has 0 aromatic rings. The van der Waals surface area contributed by atoms with E-state index in [9.17, 15) is 9.59 Å². The fourth-order valence-corrected chi connectivity index (χ4v) is 2.35. The number of nitrogens with zero attached hydrogens (tertiary/aromatic N) is 3. The largest absolute Gasteiger partial charge is 0.458 e. The highest BCUT2D eigenvalue weighted by Gasteiger charge is 2.46. The number of ether oxygens (including phenoxy) is 3. The summed E-state index contributed by atoms with van der Waals surface area (Å²) >= 11 is 0. The highest BCUT2D eigenvalue weighted by atomic mass is 16.6. The van der Waals surface area contributed by atoms with Crippen molar-refractivity contribution in [3.63, 3.8) is 0 Å². The number of carbonyl (C=O) groups excluding carboxylic acids is 2. The number of carbonyl (C=O) groups is 2. The van der Waals surface area contributed by atoms with Gasteiger partial charge in [0.25, 0.3) is 0 Å². The van der Waals surface area contributed by atoms with Gasteiger partial charge >= 0.3 is 11.9 Å². The van der Waals surface area contributed by atoms with E-state index >= 15 is 0 Å². The molecule has 0 unspecified atom stereocenters. The standard InChI is InChI=1S/C12H19N3O5/c1-5-9-6(2)10(18-7(3)16)11(19-8(4)17)12(20-9)14-15-13/h6,9-12H,5H2,1-4H3/t6-,9-,10+,11+,12+/m1/s1. The fraction of sp³-hybridized carbons (Fsp3) is 0.833. The van der Waals surface area contributed by atoms with Crippen molar-refractivity contribution in [2.45, 2.75) is 58.7 Å². The summed E-state index contributed by atoms with van der Waals surface area (Å²) in [4.78, 5) is 25.1. The van der Waals surface area contributed by atoms with E-state index in [4.69, 9.17) is 19.7 Å². The van der Waals surface area contributed by atoms with Gasteiger partial charge in [0.2, 0.25) is 0 Å². The van der Waals surface area contributed by atoms with Crippen molar-refractivity contribution >= 4 is 11.9 Å². The predicted molar refractivity (Wildman–Crippen MR) is 68.4 cm³/mol. The van der Waals surface area contributed by atoms with Gasteiger partial charge in [-0.05, 0) is 12.0 Å². The summed E-state index contributed by atoms with van der Waals surface area (Å²) in [5.74, 6) is -1.23. The van der Waals surface area contributed by atoms with Crippen molar-refractivity contribution in [1.82, 2.24) is 0 Å². The maximum atomic E-state index is 11.2. The quantitative estimate of drug-likeness (QED) is 0.339. The molecule has 0 saturated carbocycles. The molecule has 0 N–H and O–H groups in total. The topological polar surface area (TPSA) is 111 Å². The summed E-state index contributed by atoms with van der Waals surface area (Å²) in [7, 11) is 0. The molecule has 1 fully saturated rings. The lowest BCUT2D eigenvalue weighted by Crippen LogP contribution is -2.55. The third kappa shape index (κ3) is 3.85. The van der Waals surface area contributed by atoms with E-state index in [-0.39, 0.29) is 12.0 Å². The van der Waals surface area contributed by atoms with Crippen LogP contribution in [0.4, 0.5) is 0 Å². The van der Waals surface area contributed by atoms with Crippen LogP contribution in [0.3, 0.4) is 0 Å². The van der Waals surface area contributed by atoms with Crippen molar-refractivity contribution in [2.75, 3.05) is 0 Å². The van der Waals surface area contributed by atoms with E-state index in [1.165, 1.54) is 13.8 Å². The van der Waals surface area contributed by atoms with Gasteiger partial charge in [-0.2, -0.15) is 0 Å². The zero-order chi connectivity index (χ0) is 15.3. The third-order valence-electron chi connectivity index (χ3n) is 3.20. The minimum absolute atomic E-state index is 0.182.